The largest absolute Gasteiger partial charge is 0.336 e. The van der Waals surface area contributed by atoms with Gasteiger partial charge in [-0.15, -0.1) is 0 Å². The minimum Gasteiger partial charge on any atom is -0.336 e. The predicted octanol–water partition coefficient (Wildman–Crippen LogP) is 2.10. The van der Waals surface area contributed by atoms with Crippen LogP contribution >= 0.6 is 11.3 Å². The molecule has 0 N–H and O–H groups in total. The molecule has 3 rings (SSSR count). The number of nitrogens with zero attached hydrogens (tertiary/aromatic N) is 3. The molecule has 104 valence electrons. The van der Waals surface area contributed by atoms with Crippen LogP contribution in [0.15, 0.2) is 41.4 Å². The van der Waals surface area contributed by atoms with E-state index in [9.17, 15) is 4.79 Å². The third-order valence-electron chi connectivity index (χ3n) is 3.57. The Bertz CT molecular complexity index is 548. The van der Waals surface area contributed by atoms with Crippen molar-refractivity contribution in [1.29, 1.82) is 0 Å². The molecule has 1 aliphatic rings. The van der Waals surface area contributed by atoms with Crippen LogP contribution < -0.4 is 0 Å². The maximum Gasteiger partial charge on any atom is 0.254 e. The summed E-state index contributed by atoms with van der Waals surface area (Å²) in [6.45, 7) is 4.46. The number of amides is 1. The van der Waals surface area contributed by atoms with Crippen molar-refractivity contribution in [2.75, 3.05) is 26.2 Å². The van der Waals surface area contributed by atoms with E-state index in [1.54, 1.807) is 35.9 Å². The van der Waals surface area contributed by atoms with Gasteiger partial charge in [0.25, 0.3) is 5.91 Å². The minimum atomic E-state index is 0.114. The highest BCUT2D eigenvalue weighted by Gasteiger charge is 2.21. The Balaban J connectivity index is 1.55. The molecule has 0 spiro atoms. The summed E-state index contributed by atoms with van der Waals surface area (Å²) in [5.41, 5.74) is 2.09. The quantitative estimate of drug-likeness (QED) is 0.867. The maximum absolute atomic E-state index is 12.3. The standard InChI is InChI=1S/C15H17N3OS/c19-15(14-1-4-16-5-2-14)18-8-6-17(7-9-18)11-13-3-10-20-12-13/h1-5,10,12H,6-9,11H2. The summed E-state index contributed by atoms with van der Waals surface area (Å²) >= 11 is 1.73. The molecule has 0 unspecified atom stereocenters. The SMILES string of the molecule is O=C(c1ccncc1)N1CCN(Cc2ccsc2)CC1. The highest BCUT2D eigenvalue weighted by Crippen LogP contribution is 2.13. The van der Waals surface area contributed by atoms with Gasteiger partial charge in [-0.25, -0.2) is 0 Å². The second kappa shape index (κ2) is 6.15. The number of pyridine rings is 1. The lowest BCUT2D eigenvalue weighted by molar-refractivity contribution is 0.0628. The molecule has 1 fully saturated rings. The number of carbonyl (C=O) groups excluding carboxylic acids is 1. The van der Waals surface area contributed by atoms with Crippen LogP contribution in [0.4, 0.5) is 0 Å². The molecule has 0 saturated carbocycles. The van der Waals surface area contributed by atoms with Gasteiger partial charge in [0.2, 0.25) is 0 Å². The predicted molar refractivity (Wildman–Crippen MR) is 79.7 cm³/mol. The van der Waals surface area contributed by atoms with Gasteiger partial charge in [0, 0.05) is 50.7 Å². The van der Waals surface area contributed by atoms with E-state index in [0.717, 1.165) is 38.3 Å². The van der Waals surface area contributed by atoms with Crippen molar-refractivity contribution in [2.45, 2.75) is 6.54 Å². The van der Waals surface area contributed by atoms with Crippen LogP contribution in [0.25, 0.3) is 0 Å². The molecular formula is C15H17N3OS. The van der Waals surface area contributed by atoms with Crippen molar-refractivity contribution in [2.24, 2.45) is 0 Å². The summed E-state index contributed by atoms with van der Waals surface area (Å²) in [5.74, 6) is 0.114. The van der Waals surface area contributed by atoms with Crippen molar-refractivity contribution in [3.05, 3.63) is 52.5 Å². The molecule has 5 heteroatoms. The Kier molecular flexibility index (Phi) is 4.08. The second-order valence-corrected chi connectivity index (χ2v) is 5.72. The van der Waals surface area contributed by atoms with Gasteiger partial charge in [0.1, 0.15) is 0 Å². The summed E-state index contributed by atoms with van der Waals surface area (Å²) in [4.78, 5) is 20.6. The van der Waals surface area contributed by atoms with E-state index in [1.165, 1.54) is 5.56 Å². The number of carbonyl (C=O) groups is 1. The normalized spacial score (nSPS) is 16.3. The lowest BCUT2D eigenvalue weighted by atomic mass is 10.2. The van der Waals surface area contributed by atoms with E-state index in [1.807, 2.05) is 4.90 Å². The number of thiophene rings is 1. The van der Waals surface area contributed by atoms with Gasteiger partial charge < -0.3 is 4.90 Å². The van der Waals surface area contributed by atoms with Gasteiger partial charge in [-0.1, -0.05) is 0 Å². The van der Waals surface area contributed by atoms with Crippen molar-refractivity contribution in [1.82, 2.24) is 14.8 Å². The van der Waals surface area contributed by atoms with Gasteiger partial charge >= 0.3 is 0 Å². The van der Waals surface area contributed by atoms with E-state index in [-0.39, 0.29) is 5.91 Å². The van der Waals surface area contributed by atoms with Crippen LogP contribution in [-0.4, -0.2) is 46.9 Å². The number of aromatic nitrogens is 1. The Morgan fingerprint density at radius 3 is 2.55 bits per heavy atom. The Morgan fingerprint density at radius 1 is 1.15 bits per heavy atom. The number of rotatable bonds is 3. The van der Waals surface area contributed by atoms with Crippen LogP contribution in [0.5, 0.6) is 0 Å². The molecule has 0 atom stereocenters. The first-order valence-corrected chi connectivity index (χ1v) is 7.70. The highest BCUT2D eigenvalue weighted by atomic mass is 32.1. The summed E-state index contributed by atoms with van der Waals surface area (Å²) < 4.78 is 0. The van der Waals surface area contributed by atoms with E-state index in [0.29, 0.717) is 0 Å². The molecule has 0 bridgehead atoms. The zero-order valence-corrected chi connectivity index (χ0v) is 12.1. The molecular weight excluding hydrogens is 270 g/mol. The van der Waals surface area contributed by atoms with E-state index >= 15 is 0 Å². The smallest absolute Gasteiger partial charge is 0.254 e. The van der Waals surface area contributed by atoms with Gasteiger partial charge in [-0.2, -0.15) is 11.3 Å². The Labute approximate surface area is 122 Å². The number of hydrogen-bond acceptors (Lipinski definition) is 4. The first-order valence-electron chi connectivity index (χ1n) is 6.75. The Hall–Kier alpha value is -1.72. The first kappa shape index (κ1) is 13.3. The molecule has 0 radical (unpaired) electrons. The second-order valence-electron chi connectivity index (χ2n) is 4.94. The third-order valence-corrected chi connectivity index (χ3v) is 4.31. The molecule has 2 aromatic rings. The van der Waals surface area contributed by atoms with E-state index in [4.69, 9.17) is 0 Å². The molecule has 0 aliphatic carbocycles. The van der Waals surface area contributed by atoms with Crippen LogP contribution in [0.3, 0.4) is 0 Å². The van der Waals surface area contributed by atoms with Gasteiger partial charge in [-0.05, 0) is 34.5 Å². The topological polar surface area (TPSA) is 36.4 Å². The first-order chi connectivity index (χ1) is 9.83. The summed E-state index contributed by atoms with van der Waals surface area (Å²) in [7, 11) is 0. The molecule has 0 aromatic carbocycles. The summed E-state index contributed by atoms with van der Waals surface area (Å²) in [5, 5.41) is 4.30. The van der Waals surface area contributed by atoms with Crippen molar-refractivity contribution in [3.8, 4) is 0 Å². The molecule has 3 heterocycles. The maximum atomic E-state index is 12.3. The van der Waals surface area contributed by atoms with Gasteiger partial charge in [0.05, 0.1) is 0 Å². The average Bonchev–Trinajstić information content (AvgIpc) is 3.01. The van der Waals surface area contributed by atoms with Crippen molar-refractivity contribution in [3.63, 3.8) is 0 Å². The van der Waals surface area contributed by atoms with Crippen LogP contribution in [0.1, 0.15) is 15.9 Å². The van der Waals surface area contributed by atoms with E-state index in [2.05, 4.69) is 26.7 Å². The molecule has 1 saturated heterocycles. The summed E-state index contributed by atoms with van der Waals surface area (Å²) in [6, 6.07) is 5.72. The fourth-order valence-corrected chi connectivity index (χ4v) is 3.09. The molecule has 2 aromatic heterocycles. The zero-order valence-electron chi connectivity index (χ0n) is 11.2. The fraction of sp³-hybridized carbons (Fsp3) is 0.333. The van der Waals surface area contributed by atoms with Crippen LogP contribution in [0, 0.1) is 0 Å². The Morgan fingerprint density at radius 2 is 1.90 bits per heavy atom. The van der Waals surface area contributed by atoms with Crippen LogP contribution in [-0.2, 0) is 6.54 Å². The highest BCUT2D eigenvalue weighted by molar-refractivity contribution is 7.07. The molecule has 1 amide bonds. The number of piperazine rings is 1. The molecule has 4 nitrogen and oxygen atoms in total. The average molecular weight is 287 g/mol. The van der Waals surface area contributed by atoms with E-state index < -0.39 is 0 Å². The van der Waals surface area contributed by atoms with Crippen LogP contribution in [0.2, 0.25) is 0 Å². The molecule has 1 aliphatic heterocycles. The lowest BCUT2D eigenvalue weighted by Gasteiger charge is -2.34. The minimum absolute atomic E-state index is 0.114. The van der Waals surface area contributed by atoms with Crippen molar-refractivity contribution < 1.29 is 4.79 Å². The lowest BCUT2D eigenvalue weighted by Crippen LogP contribution is -2.48. The fourth-order valence-electron chi connectivity index (χ4n) is 2.43. The third kappa shape index (κ3) is 3.05. The summed E-state index contributed by atoms with van der Waals surface area (Å²) in [6.07, 6.45) is 3.33. The molecule has 20 heavy (non-hydrogen) atoms. The monoisotopic (exact) mass is 287 g/mol. The number of hydrogen-bond donors (Lipinski definition) is 0. The van der Waals surface area contributed by atoms with Crippen molar-refractivity contribution >= 4 is 17.2 Å². The zero-order chi connectivity index (χ0) is 13.8. The van der Waals surface area contributed by atoms with Gasteiger partial charge in [0.15, 0.2) is 0 Å². The van der Waals surface area contributed by atoms with Gasteiger partial charge in [-0.3, -0.25) is 14.7 Å².